The predicted octanol–water partition coefficient (Wildman–Crippen LogP) is 3.37. The largest absolute Gasteiger partial charge is 0.310 e. The van der Waals surface area contributed by atoms with Gasteiger partial charge in [0.05, 0.1) is 0 Å². The quantitative estimate of drug-likeness (QED) is 0.847. The molecule has 0 bridgehead atoms. The fourth-order valence-corrected chi connectivity index (χ4v) is 3.27. The van der Waals surface area contributed by atoms with Gasteiger partial charge in [-0.1, -0.05) is 24.6 Å². The summed E-state index contributed by atoms with van der Waals surface area (Å²) < 4.78 is 25.9. The maximum atomic E-state index is 13.1. The zero-order valence-electron chi connectivity index (χ0n) is 10.2. The molecule has 1 heterocycles. The van der Waals surface area contributed by atoms with Gasteiger partial charge in [0.15, 0.2) is 11.6 Å². The highest BCUT2D eigenvalue weighted by Crippen LogP contribution is 2.38. The van der Waals surface area contributed by atoms with E-state index in [1.54, 1.807) is 6.07 Å². The molecule has 3 unspecified atom stereocenters. The third-order valence-corrected chi connectivity index (χ3v) is 4.23. The van der Waals surface area contributed by atoms with Crippen LogP contribution in [0.3, 0.4) is 0 Å². The highest BCUT2D eigenvalue weighted by molar-refractivity contribution is 5.50. The summed E-state index contributed by atoms with van der Waals surface area (Å²) in [5.74, 6) is -0.0339. The van der Waals surface area contributed by atoms with E-state index in [2.05, 4.69) is 11.4 Å². The summed E-state index contributed by atoms with van der Waals surface area (Å²) in [5.41, 5.74) is 0.720. The molecule has 3 heteroatoms. The average Bonchev–Trinajstić information content (AvgIpc) is 2.94. The molecular formula is C15H17F2N. The Kier molecular flexibility index (Phi) is 3.16. The first kappa shape index (κ1) is 11.8. The number of rotatable bonds is 2. The average molecular weight is 249 g/mol. The monoisotopic (exact) mass is 249 g/mol. The minimum Gasteiger partial charge on any atom is -0.310 e. The molecule has 96 valence electrons. The Balaban J connectivity index is 1.72. The van der Waals surface area contributed by atoms with Gasteiger partial charge in [0, 0.05) is 6.04 Å². The Morgan fingerprint density at radius 1 is 1.17 bits per heavy atom. The van der Waals surface area contributed by atoms with Gasteiger partial charge in [0.2, 0.25) is 0 Å². The first-order chi connectivity index (χ1) is 8.74. The number of fused-ring (bicyclic) bond motifs is 1. The summed E-state index contributed by atoms with van der Waals surface area (Å²) >= 11 is 0. The standard InChI is InChI=1S/C15H17F2N/c16-13-6-4-10(8-14(13)17)5-7-15-12-3-1-2-11(12)9-18-15/h4-8,11-12,15,18H,1-3,9H2/b7-5+. The zero-order valence-corrected chi connectivity index (χ0v) is 10.2. The first-order valence-electron chi connectivity index (χ1n) is 6.60. The minimum absolute atomic E-state index is 0.394. The summed E-state index contributed by atoms with van der Waals surface area (Å²) in [7, 11) is 0. The maximum absolute atomic E-state index is 13.1. The Bertz CT molecular complexity index is 470. The third-order valence-electron chi connectivity index (χ3n) is 4.23. The van der Waals surface area contributed by atoms with Crippen LogP contribution in [0, 0.1) is 23.5 Å². The van der Waals surface area contributed by atoms with Crippen LogP contribution in [0.15, 0.2) is 24.3 Å². The fourth-order valence-electron chi connectivity index (χ4n) is 3.27. The summed E-state index contributed by atoms with van der Waals surface area (Å²) in [6, 6.07) is 4.42. The molecule has 0 aromatic heterocycles. The van der Waals surface area contributed by atoms with Crippen molar-refractivity contribution in [3.05, 3.63) is 41.5 Å². The van der Waals surface area contributed by atoms with Crippen LogP contribution in [0.2, 0.25) is 0 Å². The molecule has 18 heavy (non-hydrogen) atoms. The molecule has 0 amide bonds. The van der Waals surface area contributed by atoms with Crippen LogP contribution in [0.25, 0.3) is 6.08 Å². The van der Waals surface area contributed by atoms with E-state index in [9.17, 15) is 8.78 Å². The highest BCUT2D eigenvalue weighted by Gasteiger charge is 2.37. The molecule has 1 aromatic rings. The van der Waals surface area contributed by atoms with Crippen LogP contribution in [0.4, 0.5) is 8.78 Å². The lowest BCUT2D eigenvalue weighted by Gasteiger charge is -2.13. The molecule has 1 aromatic carbocycles. The van der Waals surface area contributed by atoms with E-state index in [0.29, 0.717) is 6.04 Å². The van der Waals surface area contributed by atoms with Gasteiger partial charge < -0.3 is 5.32 Å². The van der Waals surface area contributed by atoms with Crippen LogP contribution >= 0.6 is 0 Å². The van der Waals surface area contributed by atoms with E-state index in [1.165, 1.54) is 31.4 Å². The number of nitrogens with one attached hydrogen (secondary N) is 1. The number of hydrogen-bond acceptors (Lipinski definition) is 1. The predicted molar refractivity (Wildman–Crippen MR) is 68.0 cm³/mol. The number of halogens is 2. The van der Waals surface area contributed by atoms with Gasteiger partial charge in [-0.25, -0.2) is 8.78 Å². The van der Waals surface area contributed by atoms with Crippen molar-refractivity contribution in [3.8, 4) is 0 Å². The van der Waals surface area contributed by atoms with E-state index in [4.69, 9.17) is 0 Å². The number of benzene rings is 1. The van der Waals surface area contributed by atoms with Crippen molar-refractivity contribution < 1.29 is 8.78 Å². The van der Waals surface area contributed by atoms with Gasteiger partial charge in [0.25, 0.3) is 0 Å². The van der Waals surface area contributed by atoms with Gasteiger partial charge in [-0.05, 0) is 48.9 Å². The van der Waals surface area contributed by atoms with Crippen molar-refractivity contribution in [3.63, 3.8) is 0 Å². The van der Waals surface area contributed by atoms with Crippen molar-refractivity contribution in [1.29, 1.82) is 0 Å². The summed E-state index contributed by atoms with van der Waals surface area (Å²) in [5, 5.41) is 3.50. The van der Waals surface area contributed by atoms with Crippen LogP contribution < -0.4 is 5.32 Å². The molecule has 2 aliphatic rings. The zero-order chi connectivity index (χ0) is 12.5. The maximum Gasteiger partial charge on any atom is 0.159 e. The fraction of sp³-hybridized carbons (Fsp3) is 0.467. The van der Waals surface area contributed by atoms with Gasteiger partial charge >= 0.3 is 0 Å². The lowest BCUT2D eigenvalue weighted by molar-refractivity contribution is 0.456. The molecule has 1 aliphatic heterocycles. The molecule has 0 spiro atoms. The molecule has 1 nitrogen and oxygen atoms in total. The molecule has 3 rings (SSSR count). The van der Waals surface area contributed by atoms with Crippen LogP contribution in [0.1, 0.15) is 24.8 Å². The molecule has 1 aliphatic carbocycles. The molecule has 1 N–H and O–H groups in total. The van der Waals surface area contributed by atoms with Crippen molar-refractivity contribution in [2.45, 2.75) is 25.3 Å². The Morgan fingerprint density at radius 2 is 2.06 bits per heavy atom. The van der Waals surface area contributed by atoms with Gasteiger partial charge in [-0.3, -0.25) is 0 Å². The van der Waals surface area contributed by atoms with Crippen LogP contribution in [-0.2, 0) is 0 Å². The van der Waals surface area contributed by atoms with E-state index in [-0.39, 0.29) is 0 Å². The molecule has 1 saturated heterocycles. The first-order valence-corrected chi connectivity index (χ1v) is 6.60. The van der Waals surface area contributed by atoms with Gasteiger partial charge in [-0.2, -0.15) is 0 Å². The topological polar surface area (TPSA) is 12.0 Å². The van der Waals surface area contributed by atoms with Crippen LogP contribution in [-0.4, -0.2) is 12.6 Å². The lowest BCUT2D eigenvalue weighted by atomic mass is 9.93. The Morgan fingerprint density at radius 3 is 2.89 bits per heavy atom. The molecule has 1 saturated carbocycles. The van der Waals surface area contributed by atoms with Crippen molar-refractivity contribution in [1.82, 2.24) is 5.32 Å². The highest BCUT2D eigenvalue weighted by atomic mass is 19.2. The van der Waals surface area contributed by atoms with Gasteiger partial charge in [-0.15, -0.1) is 0 Å². The SMILES string of the molecule is Fc1ccc(/C=C/C2NCC3CCCC32)cc1F. The summed E-state index contributed by atoms with van der Waals surface area (Å²) in [6.45, 7) is 1.09. The minimum atomic E-state index is -0.790. The Hall–Kier alpha value is -1.22. The molecule has 2 fully saturated rings. The van der Waals surface area contributed by atoms with Crippen molar-refractivity contribution in [2.24, 2.45) is 11.8 Å². The molecule has 3 atom stereocenters. The van der Waals surface area contributed by atoms with Crippen LogP contribution in [0.5, 0.6) is 0 Å². The van der Waals surface area contributed by atoms with E-state index in [1.807, 2.05) is 6.08 Å². The van der Waals surface area contributed by atoms with Crippen molar-refractivity contribution >= 4 is 6.08 Å². The summed E-state index contributed by atoms with van der Waals surface area (Å²) in [4.78, 5) is 0. The Labute approximate surface area is 106 Å². The summed E-state index contributed by atoms with van der Waals surface area (Å²) in [6.07, 6.45) is 7.92. The molecular weight excluding hydrogens is 232 g/mol. The van der Waals surface area contributed by atoms with E-state index < -0.39 is 11.6 Å². The second kappa shape index (κ2) is 4.81. The second-order valence-electron chi connectivity index (χ2n) is 5.32. The number of hydrogen-bond donors (Lipinski definition) is 1. The second-order valence-corrected chi connectivity index (χ2v) is 5.32. The normalized spacial score (nSPS) is 31.1. The third kappa shape index (κ3) is 2.19. The van der Waals surface area contributed by atoms with Gasteiger partial charge in [0.1, 0.15) is 0 Å². The van der Waals surface area contributed by atoms with E-state index >= 15 is 0 Å². The smallest absolute Gasteiger partial charge is 0.159 e. The van der Waals surface area contributed by atoms with Crippen molar-refractivity contribution in [2.75, 3.05) is 6.54 Å². The molecule has 0 radical (unpaired) electrons. The van der Waals surface area contributed by atoms with E-state index in [0.717, 1.165) is 23.9 Å². The lowest BCUT2D eigenvalue weighted by Crippen LogP contribution is -2.23.